The summed E-state index contributed by atoms with van der Waals surface area (Å²) in [6, 6.07) is 1.82. The number of rotatable bonds is 3. The molecule has 0 atom stereocenters. The molecule has 0 aliphatic heterocycles. The summed E-state index contributed by atoms with van der Waals surface area (Å²) in [6.07, 6.45) is 1.89. The van der Waals surface area contributed by atoms with Gasteiger partial charge in [-0.25, -0.2) is 0 Å². The first-order valence-corrected chi connectivity index (χ1v) is 4.39. The number of aromatic nitrogens is 2. The maximum atomic E-state index is 5.20. The molecule has 0 saturated heterocycles. The van der Waals surface area contributed by atoms with Gasteiger partial charge in [0.15, 0.2) is 0 Å². The van der Waals surface area contributed by atoms with Crippen molar-refractivity contribution >= 4 is 12.2 Å². The maximum Gasteiger partial charge on any atom is 0.217 e. The van der Waals surface area contributed by atoms with E-state index < -0.39 is 0 Å². The van der Waals surface area contributed by atoms with Crippen LogP contribution in [0.4, 0.5) is 0 Å². The van der Waals surface area contributed by atoms with Crippen LogP contribution < -0.4 is 4.74 Å². The van der Waals surface area contributed by atoms with Gasteiger partial charge in [-0.2, -0.15) is 4.98 Å². The van der Waals surface area contributed by atoms with Crippen LogP contribution in [0.15, 0.2) is 12.3 Å². The van der Waals surface area contributed by atoms with E-state index in [1.807, 2.05) is 30.7 Å². The molecule has 0 saturated carbocycles. The average Bonchev–Trinajstić information content (AvgIpc) is 2.05. The molecule has 0 fully saturated rings. The van der Waals surface area contributed by atoms with Gasteiger partial charge in [0.25, 0.3) is 0 Å². The van der Waals surface area contributed by atoms with Crippen molar-refractivity contribution < 1.29 is 4.74 Å². The minimum Gasteiger partial charge on any atom is -0.478 e. The van der Waals surface area contributed by atoms with Crippen molar-refractivity contribution in [2.75, 3.05) is 6.61 Å². The van der Waals surface area contributed by atoms with Gasteiger partial charge in [0.05, 0.1) is 6.61 Å². The first-order valence-electron chi connectivity index (χ1n) is 3.98. The summed E-state index contributed by atoms with van der Waals surface area (Å²) in [7, 11) is 0. The zero-order chi connectivity index (χ0) is 8.97. The Bertz CT molecular complexity index is 308. The van der Waals surface area contributed by atoms with Crippen molar-refractivity contribution in [2.45, 2.75) is 20.4 Å². The highest BCUT2D eigenvalue weighted by atomic mass is 32.1. The molecule has 0 unspecified atom stereocenters. The van der Waals surface area contributed by atoms with E-state index in [1.54, 1.807) is 0 Å². The molecule has 0 amide bonds. The number of hydrogen-bond acceptors (Lipinski definition) is 3. The minimum absolute atomic E-state index is 0.573. The van der Waals surface area contributed by atoms with Gasteiger partial charge < -0.3 is 9.30 Å². The number of ether oxygens (including phenoxy) is 1. The van der Waals surface area contributed by atoms with E-state index in [0.29, 0.717) is 17.3 Å². The van der Waals surface area contributed by atoms with Crippen LogP contribution in [0.25, 0.3) is 0 Å². The Morgan fingerprint density at radius 2 is 2.33 bits per heavy atom. The van der Waals surface area contributed by atoms with Crippen LogP contribution >= 0.6 is 12.2 Å². The molecule has 1 aromatic rings. The summed E-state index contributed by atoms with van der Waals surface area (Å²) in [6.45, 7) is 5.42. The van der Waals surface area contributed by atoms with Crippen molar-refractivity contribution in [3.8, 4) is 5.88 Å². The minimum atomic E-state index is 0.573. The normalized spacial score (nSPS) is 9.83. The second-order valence-corrected chi connectivity index (χ2v) is 2.63. The molecule has 66 valence electrons. The molecule has 1 heterocycles. The number of hydrogen-bond donors (Lipinski definition) is 0. The van der Waals surface area contributed by atoms with E-state index in [4.69, 9.17) is 17.0 Å². The van der Waals surface area contributed by atoms with Crippen molar-refractivity contribution in [3.63, 3.8) is 0 Å². The van der Waals surface area contributed by atoms with Crippen molar-refractivity contribution in [3.05, 3.63) is 17.0 Å². The molecule has 1 rings (SSSR count). The molecule has 4 heteroatoms. The lowest BCUT2D eigenvalue weighted by molar-refractivity contribution is 0.324. The molecule has 0 spiro atoms. The summed E-state index contributed by atoms with van der Waals surface area (Å²) < 4.78 is 7.65. The van der Waals surface area contributed by atoms with E-state index in [0.717, 1.165) is 6.54 Å². The molecule has 3 nitrogen and oxygen atoms in total. The highest BCUT2D eigenvalue weighted by Crippen LogP contribution is 2.04. The van der Waals surface area contributed by atoms with Crippen LogP contribution in [0, 0.1) is 4.77 Å². The molecular formula is C8H12N2OS. The van der Waals surface area contributed by atoms with Gasteiger partial charge in [-0.15, -0.1) is 0 Å². The molecule has 12 heavy (non-hydrogen) atoms. The predicted octanol–water partition coefficient (Wildman–Crippen LogP) is 2.03. The molecular weight excluding hydrogens is 172 g/mol. The third-order valence-corrected chi connectivity index (χ3v) is 1.81. The van der Waals surface area contributed by atoms with Gasteiger partial charge in [0.1, 0.15) is 0 Å². The Kier molecular flexibility index (Phi) is 3.22. The molecule has 0 N–H and O–H groups in total. The zero-order valence-corrected chi connectivity index (χ0v) is 8.10. The lowest BCUT2D eigenvalue weighted by Gasteiger charge is -2.04. The smallest absolute Gasteiger partial charge is 0.217 e. The van der Waals surface area contributed by atoms with Gasteiger partial charge in [0, 0.05) is 18.8 Å². The fraction of sp³-hybridized carbons (Fsp3) is 0.500. The third-order valence-electron chi connectivity index (χ3n) is 1.48. The van der Waals surface area contributed by atoms with Gasteiger partial charge in [0.2, 0.25) is 10.7 Å². The van der Waals surface area contributed by atoms with Crippen molar-refractivity contribution in [1.82, 2.24) is 9.55 Å². The number of aryl methyl sites for hydroxylation is 1. The van der Waals surface area contributed by atoms with Gasteiger partial charge >= 0.3 is 0 Å². The first-order chi connectivity index (χ1) is 5.77. The highest BCUT2D eigenvalue weighted by Gasteiger charge is 1.94. The van der Waals surface area contributed by atoms with Crippen LogP contribution in [0.2, 0.25) is 0 Å². The highest BCUT2D eigenvalue weighted by molar-refractivity contribution is 7.71. The zero-order valence-electron chi connectivity index (χ0n) is 7.28. The second-order valence-electron chi connectivity index (χ2n) is 2.27. The average molecular weight is 184 g/mol. The van der Waals surface area contributed by atoms with Crippen molar-refractivity contribution in [2.24, 2.45) is 0 Å². The summed E-state index contributed by atoms with van der Waals surface area (Å²) in [5.41, 5.74) is 0. The summed E-state index contributed by atoms with van der Waals surface area (Å²) in [5, 5.41) is 0. The van der Waals surface area contributed by atoms with E-state index in [9.17, 15) is 0 Å². The summed E-state index contributed by atoms with van der Waals surface area (Å²) >= 11 is 5.02. The Balaban J connectivity index is 2.94. The van der Waals surface area contributed by atoms with Crippen LogP contribution in [0.5, 0.6) is 5.88 Å². The fourth-order valence-electron chi connectivity index (χ4n) is 0.882. The number of nitrogens with zero attached hydrogens (tertiary/aromatic N) is 2. The van der Waals surface area contributed by atoms with Gasteiger partial charge in [-0.1, -0.05) is 0 Å². The Morgan fingerprint density at radius 1 is 1.58 bits per heavy atom. The van der Waals surface area contributed by atoms with Gasteiger partial charge in [-0.05, 0) is 26.1 Å². The van der Waals surface area contributed by atoms with Crippen LogP contribution in [-0.2, 0) is 6.54 Å². The van der Waals surface area contributed by atoms with Crippen molar-refractivity contribution in [1.29, 1.82) is 0 Å². The van der Waals surface area contributed by atoms with Gasteiger partial charge in [-0.3, -0.25) is 0 Å². The SMILES string of the molecule is CCOc1ccn(CC)c(=S)n1. The molecule has 1 aromatic heterocycles. The molecule has 0 aromatic carbocycles. The molecule has 0 aliphatic rings. The monoisotopic (exact) mass is 184 g/mol. The van der Waals surface area contributed by atoms with Crippen LogP contribution in [-0.4, -0.2) is 16.2 Å². The standard InChI is InChI=1S/C8H12N2OS/c1-3-10-6-5-7(11-4-2)9-8(10)12/h5-6H,3-4H2,1-2H3. The predicted molar refractivity (Wildman–Crippen MR) is 49.9 cm³/mol. The van der Waals surface area contributed by atoms with Crippen LogP contribution in [0.3, 0.4) is 0 Å². The Labute approximate surface area is 77.0 Å². The van der Waals surface area contributed by atoms with E-state index in [2.05, 4.69) is 4.98 Å². The largest absolute Gasteiger partial charge is 0.478 e. The fourth-order valence-corrected chi connectivity index (χ4v) is 1.16. The first kappa shape index (κ1) is 9.19. The quantitative estimate of drug-likeness (QED) is 0.672. The van der Waals surface area contributed by atoms with E-state index >= 15 is 0 Å². The lowest BCUT2D eigenvalue weighted by Crippen LogP contribution is -2.01. The maximum absolute atomic E-state index is 5.20. The van der Waals surface area contributed by atoms with E-state index in [1.165, 1.54) is 0 Å². The summed E-state index contributed by atoms with van der Waals surface area (Å²) in [5.74, 6) is 0.604. The van der Waals surface area contributed by atoms with E-state index in [-0.39, 0.29) is 0 Å². The second kappa shape index (κ2) is 4.21. The van der Waals surface area contributed by atoms with Crippen LogP contribution in [0.1, 0.15) is 13.8 Å². The Morgan fingerprint density at radius 3 is 2.83 bits per heavy atom. The summed E-state index contributed by atoms with van der Waals surface area (Å²) in [4.78, 5) is 4.09. The lowest BCUT2D eigenvalue weighted by atomic mass is 10.6. The molecule has 0 bridgehead atoms. The Hall–Kier alpha value is -0.900. The molecule has 0 radical (unpaired) electrons. The third kappa shape index (κ3) is 2.04. The topological polar surface area (TPSA) is 27.1 Å². The molecule has 0 aliphatic carbocycles.